The zero-order chi connectivity index (χ0) is 13.9. The number of carbonyl (C=O) groups excluding carboxylic acids is 2. The Morgan fingerprint density at radius 2 is 1.75 bits per heavy atom. The lowest BCUT2D eigenvalue weighted by atomic mass is 9.67. The first kappa shape index (κ1) is 13.3. The molecule has 1 aromatic carbocycles. The van der Waals surface area contributed by atoms with Gasteiger partial charge >= 0.3 is 0 Å². The molecule has 3 nitrogen and oxygen atoms in total. The molecular weight excluding hydrogens is 250 g/mol. The van der Waals surface area contributed by atoms with Crippen molar-refractivity contribution in [2.75, 3.05) is 0 Å². The second-order valence-electron chi connectivity index (χ2n) is 6.10. The molecule has 0 aromatic heterocycles. The summed E-state index contributed by atoms with van der Waals surface area (Å²) in [7, 11) is 0. The third kappa shape index (κ3) is 2.77. The van der Waals surface area contributed by atoms with Gasteiger partial charge in [0.1, 0.15) is 5.78 Å². The molecule has 3 heteroatoms. The lowest BCUT2D eigenvalue weighted by Gasteiger charge is -2.36. The van der Waals surface area contributed by atoms with Crippen molar-refractivity contribution >= 4 is 11.7 Å². The predicted octanol–water partition coefficient (Wildman–Crippen LogP) is 2.70. The van der Waals surface area contributed by atoms with Crippen molar-refractivity contribution in [2.24, 2.45) is 17.8 Å². The van der Waals surface area contributed by atoms with E-state index in [-0.39, 0.29) is 23.7 Å². The molecule has 2 atom stereocenters. The maximum atomic E-state index is 12.3. The van der Waals surface area contributed by atoms with Gasteiger partial charge in [-0.1, -0.05) is 36.8 Å². The molecule has 2 fully saturated rings. The molecule has 1 N–H and O–H groups in total. The van der Waals surface area contributed by atoms with Crippen LogP contribution in [0.1, 0.15) is 37.7 Å². The zero-order valence-corrected chi connectivity index (χ0v) is 11.7. The Balaban J connectivity index is 1.57. The smallest absolute Gasteiger partial charge is 0.223 e. The average Bonchev–Trinajstić information content (AvgIpc) is 2.45. The molecule has 0 heterocycles. The van der Waals surface area contributed by atoms with E-state index in [0.29, 0.717) is 12.3 Å². The molecule has 106 valence electrons. The molecule has 2 aliphatic carbocycles. The van der Waals surface area contributed by atoms with Crippen LogP contribution in [-0.2, 0) is 16.1 Å². The summed E-state index contributed by atoms with van der Waals surface area (Å²) in [5.74, 6) is 0.873. The first-order valence-electron chi connectivity index (χ1n) is 7.59. The van der Waals surface area contributed by atoms with Crippen LogP contribution in [0.5, 0.6) is 0 Å². The summed E-state index contributed by atoms with van der Waals surface area (Å²) >= 11 is 0. The SMILES string of the molecule is O=C(NCc1ccccc1)C1C[C@@H]2CCC[C@@H](C1)C2=O. The Morgan fingerprint density at radius 1 is 1.10 bits per heavy atom. The van der Waals surface area contributed by atoms with E-state index in [0.717, 1.165) is 37.7 Å². The second kappa shape index (κ2) is 5.78. The summed E-state index contributed by atoms with van der Waals surface area (Å²) in [5, 5.41) is 3.02. The Hall–Kier alpha value is -1.64. The molecule has 2 aliphatic rings. The quantitative estimate of drug-likeness (QED) is 0.918. The topological polar surface area (TPSA) is 46.2 Å². The van der Waals surface area contributed by atoms with Crippen LogP contribution in [-0.4, -0.2) is 11.7 Å². The van der Waals surface area contributed by atoms with E-state index in [2.05, 4.69) is 5.32 Å². The molecule has 2 saturated carbocycles. The number of rotatable bonds is 3. The summed E-state index contributed by atoms with van der Waals surface area (Å²) in [4.78, 5) is 24.3. The number of hydrogen-bond acceptors (Lipinski definition) is 2. The van der Waals surface area contributed by atoms with Gasteiger partial charge in [-0.25, -0.2) is 0 Å². The lowest BCUT2D eigenvalue weighted by molar-refractivity contribution is -0.137. The highest BCUT2D eigenvalue weighted by Crippen LogP contribution is 2.40. The van der Waals surface area contributed by atoms with Gasteiger partial charge in [0.25, 0.3) is 0 Å². The molecule has 20 heavy (non-hydrogen) atoms. The maximum absolute atomic E-state index is 12.3. The number of hydrogen-bond donors (Lipinski definition) is 1. The van der Waals surface area contributed by atoms with E-state index < -0.39 is 0 Å². The average molecular weight is 271 g/mol. The van der Waals surface area contributed by atoms with Gasteiger partial charge in [0.2, 0.25) is 5.91 Å². The standard InChI is InChI=1S/C17H21NO2/c19-16-13-7-4-8-14(16)10-15(9-13)17(20)18-11-12-5-2-1-3-6-12/h1-3,5-6,13-15H,4,7-11H2,(H,18,20)/t13-,14-/m0/s1. The van der Waals surface area contributed by atoms with Crippen molar-refractivity contribution < 1.29 is 9.59 Å². The lowest BCUT2D eigenvalue weighted by Crippen LogP contribution is -2.42. The maximum Gasteiger partial charge on any atom is 0.223 e. The highest BCUT2D eigenvalue weighted by Gasteiger charge is 2.41. The number of fused-ring (bicyclic) bond motifs is 2. The van der Waals surface area contributed by atoms with E-state index >= 15 is 0 Å². The van der Waals surface area contributed by atoms with Crippen LogP contribution in [0.25, 0.3) is 0 Å². The van der Waals surface area contributed by atoms with E-state index in [1.54, 1.807) is 0 Å². The summed E-state index contributed by atoms with van der Waals surface area (Å²) in [6.45, 7) is 0.583. The van der Waals surface area contributed by atoms with Crippen molar-refractivity contribution in [3.8, 4) is 0 Å². The third-order valence-corrected chi connectivity index (χ3v) is 4.73. The Kier molecular flexibility index (Phi) is 3.86. The number of nitrogens with one attached hydrogen (secondary N) is 1. The molecule has 0 unspecified atom stereocenters. The Bertz CT molecular complexity index is 481. The van der Waals surface area contributed by atoms with Crippen LogP contribution in [0, 0.1) is 17.8 Å². The van der Waals surface area contributed by atoms with Gasteiger partial charge in [-0.2, -0.15) is 0 Å². The fourth-order valence-corrected chi connectivity index (χ4v) is 3.62. The molecule has 0 radical (unpaired) electrons. The molecular formula is C17H21NO2. The van der Waals surface area contributed by atoms with E-state index in [9.17, 15) is 9.59 Å². The highest BCUT2D eigenvalue weighted by molar-refractivity contribution is 5.88. The van der Waals surface area contributed by atoms with E-state index in [1.807, 2.05) is 30.3 Å². The van der Waals surface area contributed by atoms with Crippen LogP contribution in [0.3, 0.4) is 0 Å². The summed E-state index contributed by atoms with van der Waals surface area (Å²) in [6.07, 6.45) is 4.64. The van der Waals surface area contributed by atoms with Gasteiger partial charge in [-0.3, -0.25) is 9.59 Å². The number of amides is 1. The first-order chi connectivity index (χ1) is 9.74. The number of carbonyl (C=O) groups is 2. The minimum absolute atomic E-state index is 0.0340. The van der Waals surface area contributed by atoms with Crippen LogP contribution >= 0.6 is 0 Å². The molecule has 1 amide bonds. The molecule has 1 aromatic rings. The fraction of sp³-hybridized carbons (Fsp3) is 0.529. The highest BCUT2D eigenvalue weighted by atomic mass is 16.2. The molecule has 0 saturated heterocycles. The van der Waals surface area contributed by atoms with Crippen LogP contribution in [0.2, 0.25) is 0 Å². The first-order valence-corrected chi connectivity index (χ1v) is 7.59. The van der Waals surface area contributed by atoms with Gasteiger partial charge in [0.05, 0.1) is 0 Å². The van der Waals surface area contributed by atoms with Gasteiger partial charge in [-0.05, 0) is 31.2 Å². The monoisotopic (exact) mass is 271 g/mol. The summed E-state index contributed by atoms with van der Waals surface area (Å²) in [5.41, 5.74) is 1.12. The van der Waals surface area contributed by atoms with E-state index in [1.165, 1.54) is 0 Å². The Labute approximate surface area is 119 Å². The number of benzene rings is 1. The zero-order valence-electron chi connectivity index (χ0n) is 11.7. The van der Waals surface area contributed by atoms with Gasteiger partial charge in [-0.15, -0.1) is 0 Å². The largest absolute Gasteiger partial charge is 0.352 e. The molecule has 0 aliphatic heterocycles. The minimum atomic E-state index is 0.0340. The molecule has 0 spiro atoms. The van der Waals surface area contributed by atoms with Crippen LogP contribution in [0.4, 0.5) is 0 Å². The van der Waals surface area contributed by atoms with Crippen molar-refractivity contribution in [3.63, 3.8) is 0 Å². The molecule has 2 bridgehead atoms. The van der Waals surface area contributed by atoms with Crippen LogP contribution < -0.4 is 5.32 Å². The number of Topliss-reactive ketones (excluding diaryl/α,β-unsaturated/α-hetero) is 1. The van der Waals surface area contributed by atoms with Gasteiger partial charge < -0.3 is 5.32 Å². The third-order valence-electron chi connectivity index (χ3n) is 4.73. The normalized spacial score (nSPS) is 29.0. The van der Waals surface area contributed by atoms with Crippen molar-refractivity contribution in [2.45, 2.75) is 38.6 Å². The molecule has 3 rings (SSSR count). The van der Waals surface area contributed by atoms with E-state index in [4.69, 9.17) is 0 Å². The van der Waals surface area contributed by atoms with Gasteiger partial charge in [0.15, 0.2) is 0 Å². The summed E-state index contributed by atoms with van der Waals surface area (Å²) in [6, 6.07) is 9.95. The van der Waals surface area contributed by atoms with Crippen molar-refractivity contribution in [3.05, 3.63) is 35.9 Å². The van der Waals surface area contributed by atoms with Crippen molar-refractivity contribution in [1.82, 2.24) is 5.32 Å². The summed E-state index contributed by atoms with van der Waals surface area (Å²) < 4.78 is 0. The predicted molar refractivity (Wildman–Crippen MR) is 76.9 cm³/mol. The number of ketones is 1. The van der Waals surface area contributed by atoms with Crippen molar-refractivity contribution in [1.29, 1.82) is 0 Å². The fourth-order valence-electron chi connectivity index (χ4n) is 3.62. The second-order valence-corrected chi connectivity index (χ2v) is 6.10. The Morgan fingerprint density at radius 3 is 2.40 bits per heavy atom. The minimum Gasteiger partial charge on any atom is -0.352 e. The van der Waals surface area contributed by atoms with Crippen LogP contribution in [0.15, 0.2) is 30.3 Å². The van der Waals surface area contributed by atoms with Gasteiger partial charge in [0, 0.05) is 24.3 Å².